The van der Waals surface area contributed by atoms with Crippen LogP contribution in [0.5, 0.6) is 0 Å². The van der Waals surface area contributed by atoms with E-state index in [2.05, 4.69) is 15.3 Å². The third-order valence-electron chi connectivity index (χ3n) is 4.78. The van der Waals surface area contributed by atoms with Crippen molar-refractivity contribution < 1.29 is 22.8 Å². The monoisotopic (exact) mass is 418 g/mol. The van der Waals surface area contributed by atoms with Crippen LogP contribution in [0.3, 0.4) is 0 Å². The van der Waals surface area contributed by atoms with Crippen LogP contribution in [-0.2, 0) is 11.0 Å². The number of anilines is 1. The summed E-state index contributed by atoms with van der Waals surface area (Å²) >= 11 is 0. The van der Waals surface area contributed by atoms with E-state index >= 15 is 0 Å². The molecule has 8 nitrogen and oxygen atoms in total. The molecule has 0 radical (unpaired) electrons. The maximum atomic E-state index is 13.3. The molecular weight excluding hydrogens is 401 g/mol. The number of hydrogen-bond donors (Lipinski definition) is 1. The smallest absolute Gasteiger partial charge is 0.357 e. The van der Waals surface area contributed by atoms with Gasteiger partial charge in [-0.25, -0.2) is 9.97 Å². The first-order valence-corrected chi connectivity index (χ1v) is 8.91. The first-order chi connectivity index (χ1) is 14.3. The van der Waals surface area contributed by atoms with Crippen LogP contribution in [0.2, 0.25) is 0 Å². The number of halogens is 3. The fourth-order valence-corrected chi connectivity index (χ4v) is 3.29. The van der Waals surface area contributed by atoms with Crippen LogP contribution in [0.15, 0.2) is 36.8 Å². The summed E-state index contributed by atoms with van der Waals surface area (Å²) in [4.78, 5) is 35.7. The molecule has 1 fully saturated rings. The lowest BCUT2D eigenvalue weighted by Crippen LogP contribution is -2.60. The van der Waals surface area contributed by atoms with Crippen LogP contribution in [-0.4, -0.2) is 59.4 Å². The number of aromatic nitrogens is 2. The number of alkyl halides is 3. The highest BCUT2D eigenvalue weighted by Gasteiger charge is 2.38. The molecule has 1 aromatic carbocycles. The fourth-order valence-electron chi connectivity index (χ4n) is 3.29. The highest BCUT2D eigenvalue weighted by Crippen LogP contribution is 2.35. The van der Waals surface area contributed by atoms with Crippen molar-refractivity contribution in [2.45, 2.75) is 12.2 Å². The van der Waals surface area contributed by atoms with Gasteiger partial charge in [0.2, 0.25) is 5.91 Å². The number of likely N-dealkylation sites (N-methyl/N-ethyl adjacent to an activating group) is 1. The Labute approximate surface area is 169 Å². The molecule has 11 heteroatoms. The molecule has 1 saturated heterocycles. The number of rotatable bonds is 3. The molecule has 0 aliphatic carbocycles. The van der Waals surface area contributed by atoms with E-state index in [1.54, 1.807) is 0 Å². The van der Waals surface area contributed by atoms with Crippen molar-refractivity contribution in [2.24, 2.45) is 0 Å². The highest BCUT2D eigenvalue weighted by molar-refractivity contribution is 5.94. The molecule has 2 aromatic rings. The molecule has 0 spiro atoms. The molecule has 1 unspecified atom stereocenters. The van der Waals surface area contributed by atoms with Crippen molar-refractivity contribution in [3.63, 3.8) is 0 Å². The van der Waals surface area contributed by atoms with Gasteiger partial charge in [-0.15, -0.1) is 0 Å². The number of piperazine rings is 1. The van der Waals surface area contributed by atoms with E-state index < -0.39 is 35.2 Å². The van der Waals surface area contributed by atoms with Gasteiger partial charge in [0, 0.05) is 32.0 Å². The van der Waals surface area contributed by atoms with Gasteiger partial charge in [0.05, 0.1) is 23.7 Å². The molecule has 0 bridgehead atoms. The molecule has 0 saturated carbocycles. The van der Waals surface area contributed by atoms with Crippen molar-refractivity contribution in [1.29, 1.82) is 5.26 Å². The number of benzene rings is 1. The van der Waals surface area contributed by atoms with Crippen LogP contribution in [0.25, 0.3) is 0 Å². The number of carbonyl (C=O) groups excluding carboxylic acids is 2. The molecule has 156 valence electrons. The summed E-state index contributed by atoms with van der Waals surface area (Å²) in [6, 6.07) is 5.37. The predicted molar refractivity (Wildman–Crippen MR) is 99.3 cm³/mol. The van der Waals surface area contributed by atoms with E-state index in [1.165, 1.54) is 47.6 Å². The average molecular weight is 418 g/mol. The Balaban J connectivity index is 1.92. The molecule has 2 heterocycles. The molecule has 3 rings (SSSR count). The van der Waals surface area contributed by atoms with Crippen molar-refractivity contribution in [3.05, 3.63) is 53.6 Å². The first-order valence-electron chi connectivity index (χ1n) is 8.91. The second-order valence-corrected chi connectivity index (χ2v) is 6.51. The average Bonchev–Trinajstić information content (AvgIpc) is 2.77. The minimum Gasteiger partial charge on any atom is -0.357 e. The summed E-state index contributed by atoms with van der Waals surface area (Å²) in [5, 5.41) is 11.5. The predicted octanol–water partition coefficient (Wildman–Crippen LogP) is 1.44. The maximum Gasteiger partial charge on any atom is 0.417 e. The highest BCUT2D eigenvalue weighted by atomic mass is 19.4. The molecule has 1 N–H and O–H groups in total. The van der Waals surface area contributed by atoms with Gasteiger partial charge >= 0.3 is 6.18 Å². The Hall–Kier alpha value is -3.68. The summed E-state index contributed by atoms with van der Waals surface area (Å²) in [6.45, 7) is 0.264. The Bertz CT molecular complexity index is 990. The zero-order chi connectivity index (χ0) is 21.9. The number of nitrogens with zero attached hydrogens (tertiary/aromatic N) is 5. The number of hydrogen-bond acceptors (Lipinski definition) is 6. The minimum absolute atomic E-state index is 0.0378. The van der Waals surface area contributed by atoms with E-state index in [-0.39, 0.29) is 31.0 Å². The summed E-state index contributed by atoms with van der Waals surface area (Å²) in [7, 11) is 1.41. The van der Waals surface area contributed by atoms with E-state index in [0.29, 0.717) is 0 Å². The van der Waals surface area contributed by atoms with Crippen LogP contribution in [0, 0.1) is 11.3 Å². The van der Waals surface area contributed by atoms with E-state index in [1.807, 2.05) is 0 Å². The summed E-state index contributed by atoms with van der Waals surface area (Å²) in [6.07, 6.45) is -2.06. The van der Waals surface area contributed by atoms with Crippen LogP contribution in [0.1, 0.15) is 21.6 Å². The largest absolute Gasteiger partial charge is 0.417 e. The zero-order valence-corrected chi connectivity index (χ0v) is 15.8. The quantitative estimate of drug-likeness (QED) is 0.810. The summed E-state index contributed by atoms with van der Waals surface area (Å²) in [5.41, 5.74) is -1.27. The second kappa shape index (κ2) is 8.36. The number of nitriles is 1. The van der Waals surface area contributed by atoms with Crippen molar-refractivity contribution in [1.82, 2.24) is 20.2 Å². The minimum atomic E-state index is -4.71. The van der Waals surface area contributed by atoms with Crippen LogP contribution >= 0.6 is 0 Å². The fraction of sp³-hybridized carbons (Fsp3) is 0.316. The van der Waals surface area contributed by atoms with Gasteiger partial charge < -0.3 is 15.1 Å². The Kier molecular flexibility index (Phi) is 5.86. The van der Waals surface area contributed by atoms with Gasteiger partial charge in [0.25, 0.3) is 5.91 Å². The number of carbonyl (C=O) groups is 2. The first kappa shape index (κ1) is 21.0. The molecule has 1 aromatic heterocycles. The lowest BCUT2D eigenvalue weighted by atomic mass is 10.0. The number of amides is 2. The molecule has 2 amide bonds. The molecule has 1 atom stereocenters. The number of nitrogens with one attached hydrogen (secondary N) is 1. The van der Waals surface area contributed by atoms with Crippen LogP contribution < -0.4 is 10.2 Å². The topological polar surface area (TPSA) is 102 Å². The van der Waals surface area contributed by atoms with Gasteiger partial charge in [-0.2, -0.15) is 18.4 Å². The van der Waals surface area contributed by atoms with E-state index in [9.17, 15) is 22.8 Å². The van der Waals surface area contributed by atoms with Gasteiger partial charge in [-0.3, -0.25) is 9.59 Å². The van der Waals surface area contributed by atoms with E-state index in [0.717, 1.165) is 12.1 Å². The van der Waals surface area contributed by atoms with Gasteiger partial charge in [0.1, 0.15) is 18.1 Å². The molecular formula is C19H17F3N6O2. The normalized spacial score (nSPS) is 16.7. The Morgan fingerprint density at radius 2 is 2.03 bits per heavy atom. The molecule has 1 aliphatic rings. The lowest BCUT2D eigenvalue weighted by molar-refractivity contribution is -0.137. The zero-order valence-electron chi connectivity index (χ0n) is 15.8. The lowest BCUT2D eigenvalue weighted by Gasteiger charge is -2.41. The van der Waals surface area contributed by atoms with Gasteiger partial charge in [-0.1, -0.05) is 0 Å². The van der Waals surface area contributed by atoms with Crippen molar-refractivity contribution in [2.75, 3.05) is 31.6 Å². The third kappa shape index (κ3) is 4.17. The molecule has 30 heavy (non-hydrogen) atoms. The van der Waals surface area contributed by atoms with Crippen molar-refractivity contribution in [3.8, 4) is 6.07 Å². The Morgan fingerprint density at radius 1 is 1.27 bits per heavy atom. The van der Waals surface area contributed by atoms with Gasteiger partial charge in [0.15, 0.2) is 0 Å². The van der Waals surface area contributed by atoms with Gasteiger partial charge in [-0.05, 0) is 24.3 Å². The summed E-state index contributed by atoms with van der Waals surface area (Å²) in [5.74, 6) is -0.852. The van der Waals surface area contributed by atoms with Crippen LogP contribution in [0.4, 0.5) is 18.9 Å². The second-order valence-electron chi connectivity index (χ2n) is 6.51. The third-order valence-corrected chi connectivity index (χ3v) is 4.78. The summed E-state index contributed by atoms with van der Waals surface area (Å²) < 4.78 is 40.0. The van der Waals surface area contributed by atoms with Crippen molar-refractivity contribution >= 4 is 17.5 Å². The Morgan fingerprint density at radius 3 is 2.63 bits per heavy atom. The van der Waals surface area contributed by atoms with E-state index in [4.69, 9.17) is 5.26 Å². The molecule has 1 aliphatic heterocycles. The SMILES string of the molecule is CNC(=O)C1CN(C(=O)c2ccncn2)CCN1c1ccc(C#N)c(C(F)(F)F)c1. The standard InChI is InChI=1S/C19H17F3N6O2/c1-24-17(29)16-10-27(18(30)15-4-5-25-11-26-15)6-7-28(16)13-3-2-12(9-23)14(8-13)19(20,21)22/h2-5,8,11,16H,6-7,10H2,1H3,(H,24,29). The maximum absolute atomic E-state index is 13.3.